The number of likely N-dealkylation sites (tertiary alicyclic amines) is 2. The van der Waals surface area contributed by atoms with E-state index in [2.05, 4.69) is 34.1 Å². The molecule has 2 heterocycles. The molecule has 158 valence electrons. The molecule has 0 amide bonds. The van der Waals surface area contributed by atoms with E-state index in [9.17, 15) is 9.59 Å². The van der Waals surface area contributed by atoms with Gasteiger partial charge in [0.05, 0.1) is 14.2 Å². The summed E-state index contributed by atoms with van der Waals surface area (Å²) in [5.74, 6) is -0.668. The molecule has 0 aromatic heterocycles. The molecule has 0 aliphatic carbocycles. The minimum Gasteiger partial charge on any atom is -0.468 e. The van der Waals surface area contributed by atoms with E-state index in [0.717, 1.165) is 11.1 Å². The van der Waals surface area contributed by atoms with Gasteiger partial charge in [-0.05, 0) is 11.1 Å². The second kappa shape index (κ2) is 8.20. The molecule has 2 aliphatic heterocycles. The summed E-state index contributed by atoms with van der Waals surface area (Å²) < 4.78 is 10.5. The Morgan fingerprint density at radius 3 is 1.33 bits per heavy atom. The largest absolute Gasteiger partial charge is 0.468 e. The van der Waals surface area contributed by atoms with Crippen molar-refractivity contribution < 1.29 is 19.1 Å². The summed E-state index contributed by atoms with van der Waals surface area (Å²) in [6, 6.07) is 20.2. The van der Waals surface area contributed by atoms with E-state index in [-0.39, 0.29) is 11.9 Å². The van der Waals surface area contributed by atoms with Crippen LogP contribution in [-0.2, 0) is 32.2 Å². The lowest BCUT2D eigenvalue weighted by Crippen LogP contribution is -2.52. The smallest absolute Gasteiger partial charge is 0.315 e. The number of fused-ring (bicyclic) bond motifs is 1. The van der Waals surface area contributed by atoms with Gasteiger partial charge in [-0.2, -0.15) is 0 Å². The lowest BCUT2D eigenvalue weighted by atomic mass is 9.68. The Labute approximate surface area is 177 Å². The molecular formula is C24H28N2O4. The molecule has 0 saturated carbocycles. The summed E-state index contributed by atoms with van der Waals surface area (Å²) in [4.78, 5) is 30.7. The number of esters is 2. The van der Waals surface area contributed by atoms with Crippen LogP contribution < -0.4 is 0 Å². The fourth-order valence-electron chi connectivity index (χ4n) is 5.29. The van der Waals surface area contributed by atoms with Crippen molar-refractivity contribution in [1.82, 2.24) is 9.80 Å². The van der Waals surface area contributed by atoms with Crippen LogP contribution in [0, 0.1) is 10.8 Å². The molecular weight excluding hydrogens is 380 g/mol. The van der Waals surface area contributed by atoms with Crippen LogP contribution in [0.4, 0.5) is 0 Å². The third-order valence-electron chi connectivity index (χ3n) is 6.54. The van der Waals surface area contributed by atoms with Crippen LogP contribution >= 0.6 is 0 Å². The summed E-state index contributed by atoms with van der Waals surface area (Å²) >= 11 is 0. The second-order valence-electron chi connectivity index (χ2n) is 8.41. The first-order valence-corrected chi connectivity index (χ1v) is 10.2. The second-order valence-corrected chi connectivity index (χ2v) is 8.41. The van der Waals surface area contributed by atoms with Gasteiger partial charge in [0.25, 0.3) is 0 Å². The summed E-state index contributed by atoms with van der Waals surface area (Å²) in [6.07, 6.45) is 0. The molecule has 2 saturated heterocycles. The van der Waals surface area contributed by atoms with Crippen molar-refractivity contribution >= 4 is 11.9 Å². The zero-order chi connectivity index (χ0) is 21.2. The number of rotatable bonds is 6. The van der Waals surface area contributed by atoms with Gasteiger partial charge in [0.1, 0.15) is 10.8 Å². The van der Waals surface area contributed by atoms with Crippen LogP contribution in [0.1, 0.15) is 11.1 Å². The number of hydrogen-bond donors (Lipinski definition) is 0. The first-order chi connectivity index (χ1) is 14.5. The van der Waals surface area contributed by atoms with Gasteiger partial charge >= 0.3 is 11.9 Å². The maximum absolute atomic E-state index is 13.2. The Morgan fingerprint density at radius 2 is 1.03 bits per heavy atom. The minimum atomic E-state index is -0.946. The van der Waals surface area contributed by atoms with E-state index in [0.29, 0.717) is 39.3 Å². The highest BCUT2D eigenvalue weighted by Gasteiger charge is 2.71. The molecule has 6 heteroatoms. The average molecular weight is 408 g/mol. The van der Waals surface area contributed by atoms with Gasteiger partial charge in [-0.25, -0.2) is 0 Å². The van der Waals surface area contributed by atoms with Crippen molar-refractivity contribution in [3.8, 4) is 0 Å². The lowest BCUT2D eigenvalue weighted by molar-refractivity contribution is -0.168. The Bertz CT molecular complexity index is 812. The normalized spacial score (nSPS) is 26.3. The van der Waals surface area contributed by atoms with Crippen molar-refractivity contribution in [1.29, 1.82) is 0 Å². The number of benzene rings is 2. The quantitative estimate of drug-likeness (QED) is 0.684. The van der Waals surface area contributed by atoms with Crippen LogP contribution in [0.2, 0.25) is 0 Å². The first-order valence-electron chi connectivity index (χ1n) is 10.2. The fourth-order valence-corrected chi connectivity index (χ4v) is 5.29. The van der Waals surface area contributed by atoms with E-state index >= 15 is 0 Å². The molecule has 2 fully saturated rings. The fraction of sp³-hybridized carbons (Fsp3) is 0.417. The predicted octanol–water partition coefficient (Wildman–Crippen LogP) is 2.34. The third kappa shape index (κ3) is 3.40. The standard InChI is InChI=1S/C24H28N2O4/c1-29-21(27)23-15-25(13-19-9-5-3-6-10-19)17-24(23,22(28)30-2)18-26(16-23)14-20-11-7-4-8-12-20/h3-12H,13-18H2,1-2H3. The van der Waals surface area contributed by atoms with Crippen molar-refractivity contribution in [3.05, 3.63) is 71.8 Å². The number of methoxy groups -OCH3 is 2. The first kappa shape index (κ1) is 20.6. The third-order valence-corrected chi connectivity index (χ3v) is 6.54. The molecule has 30 heavy (non-hydrogen) atoms. The lowest BCUT2D eigenvalue weighted by Gasteiger charge is -2.33. The number of nitrogens with zero attached hydrogens (tertiary/aromatic N) is 2. The zero-order valence-electron chi connectivity index (χ0n) is 17.5. The van der Waals surface area contributed by atoms with E-state index < -0.39 is 10.8 Å². The van der Waals surface area contributed by atoms with Crippen LogP contribution in [0.15, 0.2) is 60.7 Å². The summed E-state index contributed by atoms with van der Waals surface area (Å²) in [6.45, 7) is 3.22. The Balaban J connectivity index is 1.66. The molecule has 6 nitrogen and oxygen atoms in total. The van der Waals surface area contributed by atoms with Gasteiger partial charge in [0, 0.05) is 39.3 Å². The van der Waals surface area contributed by atoms with Crippen LogP contribution in [0.3, 0.4) is 0 Å². The average Bonchev–Trinajstić information content (AvgIpc) is 3.24. The predicted molar refractivity (Wildman–Crippen MR) is 112 cm³/mol. The van der Waals surface area contributed by atoms with Crippen molar-refractivity contribution in [2.75, 3.05) is 40.4 Å². The summed E-state index contributed by atoms with van der Waals surface area (Å²) in [5.41, 5.74) is 0.411. The molecule has 2 aliphatic rings. The van der Waals surface area contributed by atoms with Gasteiger partial charge in [0.15, 0.2) is 0 Å². The number of ether oxygens (including phenoxy) is 2. The summed E-state index contributed by atoms with van der Waals surface area (Å²) in [5, 5.41) is 0. The summed E-state index contributed by atoms with van der Waals surface area (Å²) in [7, 11) is 2.80. The molecule has 0 atom stereocenters. The SMILES string of the molecule is COC(=O)C12CN(Cc3ccccc3)CC1(C(=O)OC)CN(Cc1ccccc1)C2. The number of carbonyl (C=O) groups excluding carboxylic acids is 2. The zero-order valence-corrected chi connectivity index (χ0v) is 17.5. The Kier molecular flexibility index (Phi) is 5.62. The molecule has 0 N–H and O–H groups in total. The van der Waals surface area contributed by atoms with Gasteiger partial charge in [-0.3, -0.25) is 19.4 Å². The number of hydrogen-bond acceptors (Lipinski definition) is 6. The van der Waals surface area contributed by atoms with Gasteiger partial charge in [-0.1, -0.05) is 60.7 Å². The Hall–Kier alpha value is -2.70. The molecule has 0 radical (unpaired) electrons. The molecule has 0 unspecified atom stereocenters. The molecule has 2 aromatic rings. The van der Waals surface area contributed by atoms with Gasteiger partial charge in [-0.15, -0.1) is 0 Å². The van der Waals surface area contributed by atoms with Crippen molar-refractivity contribution in [2.45, 2.75) is 13.1 Å². The maximum Gasteiger partial charge on any atom is 0.315 e. The highest BCUT2D eigenvalue weighted by atomic mass is 16.5. The molecule has 0 bridgehead atoms. The molecule has 2 aromatic carbocycles. The molecule has 4 rings (SSSR count). The van der Waals surface area contributed by atoms with Crippen molar-refractivity contribution in [3.63, 3.8) is 0 Å². The van der Waals surface area contributed by atoms with Crippen LogP contribution in [0.25, 0.3) is 0 Å². The van der Waals surface area contributed by atoms with Gasteiger partial charge in [0.2, 0.25) is 0 Å². The van der Waals surface area contributed by atoms with Gasteiger partial charge < -0.3 is 9.47 Å². The highest BCUT2D eigenvalue weighted by Crippen LogP contribution is 2.54. The maximum atomic E-state index is 13.2. The monoisotopic (exact) mass is 408 g/mol. The number of carbonyl (C=O) groups is 2. The van der Waals surface area contributed by atoms with E-state index in [1.165, 1.54) is 14.2 Å². The van der Waals surface area contributed by atoms with Crippen LogP contribution in [0.5, 0.6) is 0 Å². The molecule has 0 spiro atoms. The minimum absolute atomic E-state index is 0.334. The Morgan fingerprint density at radius 1 is 0.700 bits per heavy atom. The van der Waals surface area contributed by atoms with E-state index in [1.54, 1.807) is 0 Å². The highest BCUT2D eigenvalue weighted by molar-refractivity contribution is 5.91. The van der Waals surface area contributed by atoms with E-state index in [4.69, 9.17) is 9.47 Å². The van der Waals surface area contributed by atoms with E-state index in [1.807, 2.05) is 36.4 Å². The van der Waals surface area contributed by atoms with Crippen LogP contribution in [-0.4, -0.2) is 62.1 Å². The topological polar surface area (TPSA) is 59.1 Å². The van der Waals surface area contributed by atoms with Crippen molar-refractivity contribution in [2.24, 2.45) is 10.8 Å².